The summed E-state index contributed by atoms with van der Waals surface area (Å²) in [4.78, 5) is 27.7. The Bertz CT molecular complexity index is 582. The summed E-state index contributed by atoms with van der Waals surface area (Å²) in [5.41, 5.74) is 0.989. The number of hydrogen-bond donors (Lipinski definition) is 1. The second-order valence-corrected chi connectivity index (χ2v) is 7.75. The predicted octanol–water partition coefficient (Wildman–Crippen LogP) is 3.74. The smallest absolute Gasteiger partial charge is 0.227 e. The zero-order valence-corrected chi connectivity index (χ0v) is 14.9. The van der Waals surface area contributed by atoms with E-state index in [4.69, 9.17) is 0 Å². The third-order valence-corrected chi connectivity index (χ3v) is 5.86. The number of nitrogens with one attached hydrogen (secondary N) is 1. The van der Waals surface area contributed by atoms with Crippen molar-refractivity contribution >= 4 is 29.3 Å². The quantitative estimate of drug-likeness (QED) is 0.845. The topological polar surface area (TPSA) is 49.4 Å². The van der Waals surface area contributed by atoms with Crippen LogP contribution in [0.15, 0.2) is 29.2 Å². The fourth-order valence-electron chi connectivity index (χ4n) is 3.51. The van der Waals surface area contributed by atoms with Gasteiger partial charge in [-0.15, -0.1) is 11.8 Å². The molecule has 0 radical (unpaired) electrons. The first kappa shape index (κ1) is 17.3. The number of anilines is 1. The fraction of sp³-hybridized carbons (Fsp3) is 0.579. The molecule has 1 fully saturated rings. The third-order valence-electron chi connectivity index (χ3n) is 4.82. The van der Waals surface area contributed by atoms with Gasteiger partial charge in [0, 0.05) is 36.1 Å². The summed E-state index contributed by atoms with van der Waals surface area (Å²) in [5, 5.41) is 3.12. The monoisotopic (exact) mass is 346 g/mol. The number of amides is 2. The van der Waals surface area contributed by atoms with E-state index in [9.17, 15) is 9.59 Å². The van der Waals surface area contributed by atoms with E-state index in [1.165, 1.54) is 25.7 Å². The first-order valence-corrected chi connectivity index (χ1v) is 10.0. The molecule has 0 unspecified atom stereocenters. The van der Waals surface area contributed by atoms with E-state index in [0.717, 1.165) is 35.7 Å². The second kappa shape index (κ2) is 8.56. The molecule has 0 saturated heterocycles. The van der Waals surface area contributed by atoms with Crippen LogP contribution in [-0.4, -0.2) is 30.2 Å². The average molecular weight is 346 g/mol. The summed E-state index contributed by atoms with van der Waals surface area (Å²) in [5.74, 6) is 0.991. The predicted molar refractivity (Wildman–Crippen MR) is 98.4 cm³/mol. The van der Waals surface area contributed by atoms with Crippen molar-refractivity contribution in [3.63, 3.8) is 0 Å². The van der Waals surface area contributed by atoms with Gasteiger partial charge in [0.2, 0.25) is 11.8 Å². The van der Waals surface area contributed by atoms with Crippen molar-refractivity contribution < 1.29 is 9.59 Å². The minimum absolute atomic E-state index is 0.0231. The molecule has 1 aliphatic heterocycles. The summed E-state index contributed by atoms with van der Waals surface area (Å²) in [7, 11) is 0. The van der Waals surface area contributed by atoms with Crippen molar-refractivity contribution in [3.05, 3.63) is 24.3 Å². The van der Waals surface area contributed by atoms with Crippen LogP contribution in [0.2, 0.25) is 0 Å². The van der Waals surface area contributed by atoms with Crippen LogP contribution in [0, 0.1) is 0 Å². The van der Waals surface area contributed by atoms with Gasteiger partial charge < -0.3 is 10.2 Å². The fourth-order valence-corrected chi connectivity index (χ4v) is 4.50. The maximum Gasteiger partial charge on any atom is 0.227 e. The second-order valence-electron chi connectivity index (χ2n) is 6.62. The Hall–Kier alpha value is -1.49. The molecule has 0 aromatic heterocycles. The number of thioether (sulfide) groups is 1. The van der Waals surface area contributed by atoms with Crippen molar-refractivity contribution in [1.29, 1.82) is 0 Å². The van der Waals surface area contributed by atoms with Gasteiger partial charge in [-0.2, -0.15) is 0 Å². The van der Waals surface area contributed by atoms with Gasteiger partial charge in [-0.1, -0.05) is 37.8 Å². The van der Waals surface area contributed by atoms with E-state index in [1.807, 2.05) is 23.1 Å². The van der Waals surface area contributed by atoms with E-state index in [2.05, 4.69) is 11.4 Å². The van der Waals surface area contributed by atoms with Crippen molar-refractivity contribution in [2.45, 2.75) is 62.3 Å². The van der Waals surface area contributed by atoms with E-state index < -0.39 is 0 Å². The normalized spacial score (nSPS) is 18.6. The maximum atomic E-state index is 12.5. The van der Waals surface area contributed by atoms with E-state index in [1.54, 1.807) is 11.8 Å². The van der Waals surface area contributed by atoms with Gasteiger partial charge in [-0.3, -0.25) is 9.59 Å². The molecule has 0 bridgehead atoms. The summed E-state index contributed by atoms with van der Waals surface area (Å²) in [6.07, 6.45) is 7.69. The van der Waals surface area contributed by atoms with Crippen LogP contribution in [0.5, 0.6) is 0 Å². The Kier molecular flexibility index (Phi) is 6.18. The van der Waals surface area contributed by atoms with Gasteiger partial charge in [-0.25, -0.2) is 0 Å². The molecule has 3 rings (SSSR count). The largest absolute Gasteiger partial charge is 0.353 e. The van der Waals surface area contributed by atoms with Crippen LogP contribution in [0.4, 0.5) is 5.69 Å². The number of fused-ring (bicyclic) bond motifs is 1. The number of carbonyl (C=O) groups excluding carboxylic acids is 2. The van der Waals surface area contributed by atoms with Crippen molar-refractivity contribution in [3.8, 4) is 0 Å². The number of benzene rings is 1. The first-order valence-electron chi connectivity index (χ1n) is 9.05. The summed E-state index contributed by atoms with van der Waals surface area (Å²) < 4.78 is 0. The Morgan fingerprint density at radius 2 is 1.83 bits per heavy atom. The van der Waals surface area contributed by atoms with Crippen LogP contribution < -0.4 is 10.2 Å². The number of carbonyl (C=O) groups is 2. The summed E-state index contributed by atoms with van der Waals surface area (Å²) in [6.45, 7) is 0.727. The van der Waals surface area contributed by atoms with Gasteiger partial charge in [0.1, 0.15) is 0 Å². The molecule has 24 heavy (non-hydrogen) atoms. The summed E-state index contributed by atoms with van der Waals surface area (Å²) in [6, 6.07) is 8.31. The first-order chi connectivity index (χ1) is 11.7. The molecule has 1 saturated carbocycles. The molecule has 1 N–H and O–H groups in total. The lowest BCUT2D eigenvalue weighted by atomic mass is 10.1. The molecule has 4 nitrogen and oxygen atoms in total. The Balaban J connectivity index is 1.49. The third kappa shape index (κ3) is 4.53. The molecule has 1 aromatic rings. The van der Waals surface area contributed by atoms with Crippen molar-refractivity contribution in [2.75, 3.05) is 17.2 Å². The molecule has 2 amide bonds. The molecule has 0 atom stereocenters. The SMILES string of the molecule is O=C(CCC(=O)N1CCSc2ccccc21)NC1CCCCCC1. The molecule has 130 valence electrons. The maximum absolute atomic E-state index is 12.5. The van der Waals surface area contributed by atoms with Crippen LogP contribution in [-0.2, 0) is 9.59 Å². The van der Waals surface area contributed by atoms with Gasteiger partial charge in [0.25, 0.3) is 0 Å². The molecule has 2 aliphatic rings. The highest BCUT2D eigenvalue weighted by Gasteiger charge is 2.23. The minimum atomic E-state index is 0.0231. The number of rotatable bonds is 4. The van der Waals surface area contributed by atoms with Crippen molar-refractivity contribution in [1.82, 2.24) is 5.32 Å². The van der Waals surface area contributed by atoms with Gasteiger partial charge in [0.15, 0.2) is 0 Å². The Morgan fingerprint density at radius 3 is 2.62 bits per heavy atom. The van der Waals surface area contributed by atoms with Gasteiger partial charge >= 0.3 is 0 Å². The number of hydrogen-bond acceptors (Lipinski definition) is 3. The van der Waals surface area contributed by atoms with Crippen molar-refractivity contribution in [2.24, 2.45) is 0 Å². The van der Waals surface area contributed by atoms with Crippen LogP contribution >= 0.6 is 11.8 Å². The van der Waals surface area contributed by atoms with Gasteiger partial charge in [-0.05, 0) is 25.0 Å². The molecular weight excluding hydrogens is 320 g/mol. The van der Waals surface area contributed by atoms with E-state index in [-0.39, 0.29) is 18.2 Å². The highest BCUT2D eigenvalue weighted by Crippen LogP contribution is 2.34. The molecule has 0 spiro atoms. The lowest BCUT2D eigenvalue weighted by Crippen LogP contribution is -2.38. The lowest BCUT2D eigenvalue weighted by molar-refractivity contribution is -0.125. The van der Waals surface area contributed by atoms with Gasteiger partial charge in [0.05, 0.1) is 5.69 Å². The average Bonchev–Trinajstić information content (AvgIpc) is 2.88. The zero-order chi connectivity index (χ0) is 16.8. The van der Waals surface area contributed by atoms with E-state index in [0.29, 0.717) is 12.5 Å². The standard InChI is InChI=1S/C19H26N2O2S/c22-18(20-15-7-3-1-2-4-8-15)11-12-19(23)21-13-14-24-17-10-6-5-9-16(17)21/h5-6,9-10,15H,1-4,7-8,11-14H2,(H,20,22). The highest BCUT2D eigenvalue weighted by atomic mass is 32.2. The lowest BCUT2D eigenvalue weighted by Gasteiger charge is -2.29. The summed E-state index contributed by atoms with van der Waals surface area (Å²) >= 11 is 1.79. The van der Waals surface area contributed by atoms with Crippen LogP contribution in [0.25, 0.3) is 0 Å². The van der Waals surface area contributed by atoms with E-state index >= 15 is 0 Å². The Labute approximate surface area is 148 Å². The minimum Gasteiger partial charge on any atom is -0.353 e. The zero-order valence-electron chi connectivity index (χ0n) is 14.1. The highest BCUT2D eigenvalue weighted by molar-refractivity contribution is 7.99. The number of nitrogens with zero attached hydrogens (tertiary/aromatic N) is 1. The molecular formula is C19H26N2O2S. The number of para-hydroxylation sites is 1. The molecule has 1 aromatic carbocycles. The van der Waals surface area contributed by atoms with Crippen LogP contribution in [0.3, 0.4) is 0 Å². The van der Waals surface area contributed by atoms with Crippen LogP contribution in [0.1, 0.15) is 51.4 Å². The molecule has 5 heteroatoms. The Morgan fingerprint density at radius 1 is 1.08 bits per heavy atom. The molecule has 1 heterocycles. The molecule has 1 aliphatic carbocycles.